The first-order valence-electron chi connectivity index (χ1n) is 9.00. The zero-order valence-electron chi connectivity index (χ0n) is 15.9. The van der Waals surface area contributed by atoms with Gasteiger partial charge in [-0.2, -0.15) is 0 Å². The van der Waals surface area contributed by atoms with E-state index < -0.39 is 17.8 Å². The van der Waals surface area contributed by atoms with Crippen LogP contribution in [0.1, 0.15) is 19.4 Å². The third-order valence-corrected chi connectivity index (χ3v) is 4.48. The van der Waals surface area contributed by atoms with Gasteiger partial charge in [0.15, 0.2) is 0 Å². The predicted molar refractivity (Wildman–Crippen MR) is 112 cm³/mol. The smallest absolute Gasteiger partial charge is 0.335 e. The van der Waals surface area contributed by atoms with Crippen LogP contribution in [0.2, 0.25) is 0 Å². The summed E-state index contributed by atoms with van der Waals surface area (Å²) in [5, 5.41) is 2.21. The van der Waals surface area contributed by atoms with Gasteiger partial charge in [0.1, 0.15) is 17.1 Å². The van der Waals surface area contributed by atoms with Crippen LogP contribution in [0.15, 0.2) is 52.5 Å². The lowest BCUT2D eigenvalue weighted by Crippen LogP contribution is -2.54. The van der Waals surface area contributed by atoms with Gasteiger partial charge in [-0.1, -0.05) is 15.9 Å². The van der Waals surface area contributed by atoms with Crippen molar-refractivity contribution in [1.82, 2.24) is 5.32 Å². The molecule has 0 atom stereocenters. The molecule has 2 aromatic carbocycles. The van der Waals surface area contributed by atoms with E-state index in [9.17, 15) is 14.4 Å². The lowest BCUT2D eigenvalue weighted by Gasteiger charge is -2.26. The zero-order valence-corrected chi connectivity index (χ0v) is 17.5. The predicted octanol–water partition coefficient (Wildman–Crippen LogP) is 3.91. The fourth-order valence-electron chi connectivity index (χ4n) is 2.83. The highest BCUT2D eigenvalue weighted by Gasteiger charge is 2.36. The second-order valence-corrected chi connectivity index (χ2v) is 6.95. The number of amides is 4. The van der Waals surface area contributed by atoms with E-state index in [1.165, 1.54) is 6.08 Å². The largest absolute Gasteiger partial charge is 0.494 e. The highest BCUT2D eigenvalue weighted by Crippen LogP contribution is 2.27. The van der Waals surface area contributed by atoms with E-state index in [2.05, 4.69) is 21.2 Å². The van der Waals surface area contributed by atoms with Gasteiger partial charge in [0.25, 0.3) is 11.8 Å². The van der Waals surface area contributed by atoms with Crippen molar-refractivity contribution in [2.24, 2.45) is 0 Å². The minimum absolute atomic E-state index is 0.154. The SMILES string of the molecule is CCOc1ccc(N2C(=O)NC(=O)/C(=C\c3cc(Br)cc(OCC)c3)C2=O)cc1. The molecule has 4 amide bonds. The Balaban J connectivity index is 1.95. The summed E-state index contributed by atoms with van der Waals surface area (Å²) in [6.45, 7) is 4.70. The van der Waals surface area contributed by atoms with Crippen molar-refractivity contribution in [3.05, 3.63) is 58.1 Å². The number of carbonyl (C=O) groups excluding carboxylic acids is 3. The van der Waals surface area contributed by atoms with E-state index in [-0.39, 0.29) is 5.57 Å². The summed E-state index contributed by atoms with van der Waals surface area (Å²) in [5.41, 5.74) is 0.764. The third-order valence-electron chi connectivity index (χ3n) is 4.02. The zero-order chi connectivity index (χ0) is 21.0. The Morgan fingerprint density at radius 3 is 2.28 bits per heavy atom. The molecule has 3 rings (SSSR count). The van der Waals surface area contributed by atoms with Crippen molar-refractivity contribution in [3.8, 4) is 11.5 Å². The molecule has 1 aliphatic heterocycles. The van der Waals surface area contributed by atoms with Crippen LogP contribution in [0, 0.1) is 0 Å². The number of hydrogen-bond donors (Lipinski definition) is 1. The number of urea groups is 1. The standard InChI is InChI=1S/C21H19BrN2O5/c1-3-28-16-7-5-15(6-8-16)24-20(26)18(19(25)23-21(24)27)11-13-9-14(22)12-17(10-13)29-4-2/h5-12H,3-4H2,1-2H3,(H,23,25,27)/b18-11+. The lowest BCUT2D eigenvalue weighted by atomic mass is 10.1. The first kappa shape index (κ1) is 20.6. The van der Waals surface area contributed by atoms with E-state index in [0.29, 0.717) is 36.0 Å². The number of benzene rings is 2. The number of halogens is 1. The molecule has 1 heterocycles. The van der Waals surface area contributed by atoms with E-state index >= 15 is 0 Å². The summed E-state index contributed by atoms with van der Waals surface area (Å²) in [7, 11) is 0. The van der Waals surface area contributed by atoms with Gasteiger partial charge in [0.2, 0.25) is 0 Å². The summed E-state index contributed by atoms with van der Waals surface area (Å²) >= 11 is 3.38. The highest BCUT2D eigenvalue weighted by atomic mass is 79.9. The van der Waals surface area contributed by atoms with Gasteiger partial charge < -0.3 is 9.47 Å². The van der Waals surface area contributed by atoms with Gasteiger partial charge in [0.05, 0.1) is 18.9 Å². The Bertz CT molecular complexity index is 985. The molecule has 8 heteroatoms. The summed E-state index contributed by atoms with van der Waals surface area (Å²) in [4.78, 5) is 38.5. The number of nitrogens with one attached hydrogen (secondary N) is 1. The molecule has 1 fully saturated rings. The Morgan fingerprint density at radius 2 is 1.62 bits per heavy atom. The number of imide groups is 2. The third kappa shape index (κ3) is 4.65. The quantitative estimate of drug-likeness (QED) is 0.523. The number of rotatable bonds is 6. The monoisotopic (exact) mass is 458 g/mol. The molecule has 2 aromatic rings. The van der Waals surface area contributed by atoms with Crippen molar-refractivity contribution in [2.75, 3.05) is 18.1 Å². The molecule has 0 bridgehead atoms. The first-order chi connectivity index (χ1) is 13.9. The number of ether oxygens (including phenoxy) is 2. The maximum atomic E-state index is 13.0. The molecule has 0 radical (unpaired) electrons. The number of carbonyl (C=O) groups is 3. The Hall–Kier alpha value is -3.13. The van der Waals surface area contributed by atoms with Crippen molar-refractivity contribution in [3.63, 3.8) is 0 Å². The van der Waals surface area contributed by atoms with Crippen LogP contribution in [0.25, 0.3) is 6.08 Å². The van der Waals surface area contributed by atoms with Crippen LogP contribution < -0.4 is 19.7 Å². The van der Waals surface area contributed by atoms with Crippen molar-refractivity contribution >= 4 is 45.5 Å². The molecule has 29 heavy (non-hydrogen) atoms. The minimum atomic E-state index is -0.800. The number of barbiturate groups is 1. The molecule has 0 aromatic heterocycles. The van der Waals surface area contributed by atoms with Crippen LogP contribution in [0.5, 0.6) is 11.5 Å². The molecule has 0 spiro atoms. The second kappa shape index (κ2) is 8.91. The van der Waals surface area contributed by atoms with Crippen LogP contribution in [0.3, 0.4) is 0 Å². The Morgan fingerprint density at radius 1 is 0.966 bits per heavy atom. The Kier molecular flexibility index (Phi) is 6.33. The fourth-order valence-corrected chi connectivity index (χ4v) is 3.32. The van der Waals surface area contributed by atoms with Gasteiger partial charge in [0, 0.05) is 4.47 Å². The maximum Gasteiger partial charge on any atom is 0.335 e. The van der Waals surface area contributed by atoms with Crippen molar-refractivity contribution in [2.45, 2.75) is 13.8 Å². The van der Waals surface area contributed by atoms with Gasteiger partial charge in [-0.15, -0.1) is 0 Å². The Labute approximate surface area is 176 Å². The van der Waals surface area contributed by atoms with Crippen LogP contribution in [-0.4, -0.2) is 31.1 Å². The normalized spacial score (nSPS) is 15.5. The first-order valence-corrected chi connectivity index (χ1v) is 9.80. The number of hydrogen-bond acceptors (Lipinski definition) is 5. The minimum Gasteiger partial charge on any atom is -0.494 e. The van der Waals surface area contributed by atoms with Gasteiger partial charge >= 0.3 is 6.03 Å². The summed E-state index contributed by atoms with van der Waals surface area (Å²) in [6.07, 6.45) is 1.43. The van der Waals surface area contributed by atoms with Crippen LogP contribution >= 0.6 is 15.9 Å². The molecule has 150 valence electrons. The maximum absolute atomic E-state index is 13.0. The highest BCUT2D eigenvalue weighted by molar-refractivity contribution is 9.10. The molecular formula is C21H19BrN2O5. The topological polar surface area (TPSA) is 84.9 Å². The van der Waals surface area contributed by atoms with E-state index in [1.54, 1.807) is 42.5 Å². The van der Waals surface area contributed by atoms with Crippen LogP contribution in [-0.2, 0) is 9.59 Å². The molecule has 1 N–H and O–H groups in total. The number of anilines is 1. The molecule has 1 aliphatic rings. The summed E-state index contributed by atoms with van der Waals surface area (Å²) in [6, 6.07) is 10.9. The molecule has 0 unspecified atom stereocenters. The van der Waals surface area contributed by atoms with Crippen molar-refractivity contribution in [1.29, 1.82) is 0 Å². The van der Waals surface area contributed by atoms with Crippen LogP contribution in [0.4, 0.5) is 10.5 Å². The van der Waals surface area contributed by atoms with Crippen molar-refractivity contribution < 1.29 is 23.9 Å². The summed E-state index contributed by atoms with van der Waals surface area (Å²) in [5.74, 6) is -0.247. The van der Waals surface area contributed by atoms with E-state index in [1.807, 2.05) is 13.8 Å². The van der Waals surface area contributed by atoms with Gasteiger partial charge in [-0.05, 0) is 68.0 Å². The molecule has 1 saturated heterocycles. The van der Waals surface area contributed by atoms with Gasteiger partial charge in [-0.25, -0.2) is 9.69 Å². The molecule has 7 nitrogen and oxygen atoms in total. The van der Waals surface area contributed by atoms with Gasteiger partial charge in [-0.3, -0.25) is 14.9 Å². The average Bonchev–Trinajstić information content (AvgIpc) is 2.66. The molecule has 0 saturated carbocycles. The molecular weight excluding hydrogens is 440 g/mol. The fraction of sp³-hybridized carbons (Fsp3) is 0.190. The second-order valence-electron chi connectivity index (χ2n) is 6.04. The molecule has 0 aliphatic carbocycles. The summed E-state index contributed by atoms with van der Waals surface area (Å²) < 4.78 is 11.6. The lowest BCUT2D eigenvalue weighted by molar-refractivity contribution is -0.122. The average molecular weight is 459 g/mol. The number of nitrogens with zero attached hydrogens (tertiary/aromatic N) is 1. The van der Waals surface area contributed by atoms with E-state index in [4.69, 9.17) is 9.47 Å². The van der Waals surface area contributed by atoms with E-state index in [0.717, 1.165) is 9.37 Å².